The molecule has 4 N–H and O–H groups in total. The summed E-state index contributed by atoms with van der Waals surface area (Å²) in [5, 5.41) is 12.1. The van der Waals surface area contributed by atoms with E-state index in [1.165, 1.54) is 6.07 Å². The number of hydrogen-bond acceptors (Lipinski definition) is 3. The van der Waals surface area contributed by atoms with Crippen molar-refractivity contribution in [1.82, 2.24) is 0 Å². The molecule has 1 unspecified atom stereocenters. The van der Waals surface area contributed by atoms with Gasteiger partial charge in [0, 0.05) is 16.9 Å². The number of anilines is 1. The van der Waals surface area contributed by atoms with Crippen LogP contribution in [0, 0.1) is 5.92 Å². The van der Waals surface area contributed by atoms with Gasteiger partial charge in [-0.05, 0) is 18.2 Å². The predicted molar refractivity (Wildman–Crippen MR) is 62.7 cm³/mol. The molecule has 0 spiro atoms. The smallest absolute Gasteiger partial charge is 0.228 e. The van der Waals surface area contributed by atoms with Crippen molar-refractivity contribution in [2.24, 2.45) is 11.7 Å². The normalized spacial score (nSPS) is 12.2. The summed E-state index contributed by atoms with van der Waals surface area (Å²) in [6, 6.07) is 4.83. The molecule has 1 aromatic rings. The molecule has 0 heterocycles. The van der Waals surface area contributed by atoms with Crippen LogP contribution in [-0.4, -0.2) is 17.6 Å². The van der Waals surface area contributed by atoms with Gasteiger partial charge in [-0.1, -0.05) is 22.9 Å². The maximum atomic E-state index is 11.5. The fourth-order valence-corrected chi connectivity index (χ4v) is 1.33. The summed E-state index contributed by atoms with van der Waals surface area (Å²) >= 11 is 3.25. The third kappa shape index (κ3) is 3.21. The summed E-state index contributed by atoms with van der Waals surface area (Å²) in [7, 11) is 0. The first kappa shape index (κ1) is 12.0. The molecule has 0 fully saturated rings. The van der Waals surface area contributed by atoms with Crippen LogP contribution < -0.4 is 11.1 Å². The number of amides is 1. The molecule has 0 aliphatic heterocycles. The molecule has 0 radical (unpaired) electrons. The van der Waals surface area contributed by atoms with E-state index in [1.54, 1.807) is 19.1 Å². The largest absolute Gasteiger partial charge is 0.506 e. The molecular weight excluding hydrogens is 260 g/mol. The van der Waals surface area contributed by atoms with Crippen LogP contribution in [0.15, 0.2) is 22.7 Å². The van der Waals surface area contributed by atoms with E-state index in [0.29, 0.717) is 5.69 Å². The van der Waals surface area contributed by atoms with Crippen LogP contribution in [0.2, 0.25) is 0 Å². The van der Waals surface area contributed by atoms with Crippen molar-refractivity contribution in [1.29, 1.82) is 0 Å². The van der Waals surface area contributed by atoms with Crippen LogP contribution in [0.4, 0.5) is 5.69 Å². The van der Waals surface area contributed by atoms with Gasteiger partial charge in [-0.25, -0.2) is 0 Å². The standard InChI is InChI=1S/C10H13BrN2O2/c1-6(5-12)10(15)13-8-4-7(11)2-3-9(8)14/h2-4,6,14H,5,12H2,1H3,(H,13,15). The molecule has 1 aromatic carbocycles. The number of rotatable bonds is 3. The summed E-state index contributed by atoms with van der Waals surface area (Å²) in [4.78, 5) is 11.5. The molecular formula is C10H13BrN2O2. The number of nitrogens with one attached hydrogen (secondary N) is 1. The fraction of sp³-hybridized carbons (Fsp3) is 0.300. The van der Waals surface area contributed by atoms with E-state index in [0.717, 1.165) is 4.47 Å². The third-order valence-corrected chi connectivity index (χ3v) is 2.51. The maximum Gasteiger partial charge on any atom is 0.228 e. The Morgan fingerprint density at radius 1 is 1.67 bits per heavy atom. The Bertz CT molecular complexity index is 368. The van der Waals surface area contributed by atoms with Gasteiger partial charge < -0.3 is 16.2 Å². The Hall–Kier alpha value is -1.07. The first-order valence-corrected chi connectivity index (χ1v) is 5.33. The minimum absolute atomic E-state index is 0.0378. The number of carbonyl (C=O) groups excluding carboxylic acids is 1. The van der Waals surface area contributed by atoms with E-state index in [2.05, 4.69) is 21.2 Å². The Morgan fingerprint density at radius 3 is 2.93 bits per heavy atom. The molecule has 1 rings (SSSR count). The number of phenols is 1. The van der Waals surface area contributed by atoms with Crippen molar-refractivity contribution >= 4 is 27.5 Å². The topological polar surface area (TPSA) is 75.4 Å². The maximum absolute atomic E-state index is 11.5. The molecule has 1 amide bonds. The van der Waals surface area contributed by atoms with E-state index in [1.807, 2.05) is 0 Å². The molecule has 0 aliphatic carbocycles. The number of aromatic hydroxyl groups is 1. The van der Waals surface area contributed by atoms with Crippen LogP contribution in [0.3, 0.4) is 0 Å². The lowest BCUT2D eigenvalue weighted by molar-refractivity contribution is -0.119. The van der Waals surface area contributed by atoms with Gasteiger partial charge >= 0.3 is 0 Å². The highest BCUT2D eigenvalue weighted by Crippen LogP contribution is 2.26. The second-order valence-corrected chi connectivity index (χ2v) is 4.20. The molecule has 0 saturated carbocycles. The quantitative estimate of drug-likeness (QED) is 0.733. The van der Waals surface area contributed by atoms with Crippen molar-refractivity contribution in [2.75, 3.05) is 11.9 Å². The summed E-state index contributed by atoms with van der Waals surface area (Å²) in [5.74, 6) is -0.440. The summed E-state index contributed by atoms with van der Waals surface area (Å²) in [5.41, 5.74) is 5.75. The van der Waals surface area contributed by atoms with Crippen LogP contribution in [0.25, 0.3) is 0 Å². The zero-order valence-electron chi connectivity index (χ0n) is 8.33. The number of benzene rings is 1. The number of halogens is 1. The lowest BCUT2D eigenvalue weighted by Gasteiger charge is -2.11. The zero-order chi connectivity index (χ0) is 11.4. The highest BCUT2D eigenvalue weighted by atomic mass is 79.9. The van der Waals surface area contributed by atoms with Crippen LogP contribution >= 0.6 is 15.9 Å². The van der Waals surface area contributed by atoms with Crippen LogP contribution in [-0.2, 0) is 4.79 Å². The van der Waals surface area contributed by atoms with Gasteiger partial charge in [0.2, 0.25) is 5.91 Å². The summed E-state index contributed by atoms with van der Waals surface area (Å²) < 4.78 is 0.788. The highest BCUT2D eigenvalue weighted by Gasteiger charge is 2.12. The van der Waals surface area contributed by atoms with Gasteiger partial charge in [0.25, 0.3) is 0 Å². The Balaban J connectivity index is 2.80. The Labute approximate surface area is 96.6 Å². The van der Waals surface area contributed by atoms with E-state index >= 15 is 0 Å². The molecule has 0 aromatic heterocycles. The lowest BCUT2D eigenvalue weighted by Crippen LogP contribution is -2.26. The Kier molecular flexibility index (Phi) is 4.11. The average molecular weight is 273 g/mol. The van der Waals surface area contributed by atoms with E-state index in [-0.39, 0.29) is 24.1 Å². The van der Waals surface area contributed by atoms with E-state index in [9.17, 15) is 9.90 Å². The van der Waals surface area contributed by atoms with Crippen LogP contribution in [0.1, 0.15) is 6.92 Å². The first-order chi connectivity index (χ1) is 7.04. The van der Waals surface area contributed by atoms with Gasteiger partial charge in [0.05, 0.1) is 5.69 Å². The molecule has 82 valence electrons. The SMILES string of the molecule is CC(CN)C(=O)Nc1cc(Br)ccc1O. The summed E-state index contributed by atoms with van der Waals surface area (Å²) in [6.07, 6.45) is 0. The van der Waals surface area contributed by atoms with E-state index in [4.69, 9.17) is 5.73 Å². The molecule has 15 heavy (non-hydrogen) atoms. The fourth-order valence-electron chi connectivity index (χ4n) is 0.971. The van der Waals surface area contributed by atoms with Gasteiger partial charge in [0.15, 0.2) is 0 Å². The monoisotopic (exact) mass is 272 g/mol. The first-order valence-electron chi connectivity index (χ1n) is 4.54. The second kappa shape index (κ2) is 5.14. The van der Waals surface area contributed by atoms with Crippen molar-refractivity contribution in [3.8, 4) is 5.75 Å². The number of nitrogens with two attached hydrogens (primary N) is 1. The second-order valence-electron chi connectivity index (χ2n) is 3.29. The molecule has 0 aliphatic rings. The van der Waals surface area contributed by atoms with Crippen molar-refractivity contribution in [2.45, 2.75) is 6.92 Å². The van der Waals surface area contributed by atoms with Gasteiger partial charge in [-0.2, -0.15) is 0 Å². The van der Waals surface area contributed by atoms with Gasteiger partial charge in [0.1, 0.15) is 5.75 Å². The van der Waals surface area contributed by atoms with E-state index < -0.39 is 0 Å². The number of phenolic OH excluding ortho intramolecular Hbond substituents is 1. The zero-order valence-corrected chi connectivity index (χ0v) is 9.91. The molecule has 1 atom stereocenters. The van der Waals surface area contributed by atoms with Crippen molar-refractivity contribution in [3.63, 3.8) is 0 Å². The minimum atomic E-state index is -0.275. The van der Waals surface area contributed by atoms with Crippen molar-refractivity contribution < 1.29 is 9.90 Å². The number of hydrogen-bond donors (Lipinski definition) is 3. The highest BCUT2D eigenvalue weighted by molar-refractivity contribution is 9.10. The average Bonchev–Trinajstić information content (AvgIpc) is 2.22. The predicted octanol–water partition coefficient (Wildman–Crippen LogP) is 1.69. The lowest BCUT2D eigenvalue weighted by atomic mass is 10.1. The third-order valence-electron chi connectivity index (χ3n) is 2.02. The van der Waals surface area contributed by atoms with Gasteiger partial charge in [-0.3, -0.25) is 4.79 Å². The molecule has 4 nitrogen and oxygen atoms in total. The molecule has 0 bridgehead atoms. The van der Waals surface area contributed by atoms with Gasteiger partial charge in [-0.15, -0.1) is 0 Å². The number of carbonyl (C=O) groups is 1. The summed E-state index contributed by atoms with van der Waals surface area (Å²) in [6.45, 7) is 2.00. The molecule has 5 heteroatoms. The minimum Gasteiger partial charge on any atom is -0.506 e. The Morgan fingerprint density at radius 2 is 2.33 bits per heavy atom. The van der Waals surface area contributed by atoms with Crippen LogP contribution in [0.5, 0.6) is 5.75 Å². The molecule has 0 saturated heterocycles. The van der Waals surface area contributed by atoms with Crippen molar-refractivity contribution in [3.05, 3.63) is 22.7 Å².